The summed E-state index contributed by atoms with van der Waals surface area (Å²) in [5, 5.41) is 6.39. The van der Waals surface area contributed by atoms with Crippen LogP contribution in [0.4, 0.5) is 5.82 Å². The second-order valence-corrected chi connectivity index (χ2v) is 7.32. The lowest BCUT2D eigenvalue weighted by molar-refractivity contribution is -0.121. The zero-order valence-electron chi connectivity index (χ0n) is 16.6. The van der Waals surface area contributed by atoms with Gasteiger partial charge in [-0.1, -0.05) is 6.07 Å². The molecule has 28 heavy (non-hydrogen) atoms. The Morgan fingerprint density at radius 3 is 2.43 bits per heavy atom. The Hall–Kier alpha value is -0.790. The fourth-order valence-electron chi connectivity index (χ4n) is 3.54. The molecule has 3 rings (SSSR count). The van der Waals surface area contributed by atoms with Crippen LogP contribution in [-0.2, 0) is 11.3 Å². The summed E-state index contributed by atoms with van der Waals surface area (Å²) < 4.78 is 0. The van der Waals surface area contributed by atoms with Crippen molar-refractivity contribution in [2.75, 3.05) is 51.2 Å². The maximum atomic E-state index is 12.0. The summed E-state index contributed by atoms with van der Waals surface area (Å²) >= 11 is 0. The first-order chi connectivity index (χ1) is 12.2. The maximum Gasteiger partial charge on any atom is 0.220 e. The summed E-state index contributed by atoms with van der Waals surface area (Å²) in [6.45, 7) is 6.97. The number of carbonyl (C=O) groups excluding carboxylic acids is 1. The molecule has 1 aromatic heterocycles. The van der Waals surface area contributed by atoms with Gasteiger partial charge in [-0.2, -0.15) is 0 Å². The minimum atomic E-state index is 0. The van der Waals surface area contributed by atoms with Crippen LogP contribution in [0.2, 0.25) is 0 Å². The van der Waals surface area contributed by atoms with Crippen molar-refractivity contribution in [3.8, 4) is 0 Å². The van der Waals surface area contributed by atoms with Gasteiger partial charge < -0.3 is 20.4 Å². The SMILES string of the molecule is CN1CCN(c2ccc(CNC(=O)CCC3CCNCC3)cn2)CC1.Cl.Cl.Cl. The van der Waals surface area contributed by atoms with Gasteiger partial charge >= 0.3 is 0 Å². The summed E-state index contributed by atoms with van der Waals surface area (Å²) in [4.78, 5) is 21.3. The Labute approximate surface area is 187 Å². The number of pyridine rings is 1. The quantitative estimate of drug-likeness (QED) is 0.691. The lowest BCUT2D eigenvalue weighted by Crippen LogP contribution is -2.44. The van der Waals surface area contributed by atoms with Gasteiger partial charge in [-0.25, -0.2) is 4.98 Å². The number of rotatable bonds is 6. The molecule has 2 aliphatic heterocycles. The molecule has 2 fully saturated rings. The Balaban J connectivity index is 0.00000243. The predicted octanol–water partition coefficient (Wildman–Crippen LogP) is 2.49. The van der Waals surface area contributed by atoms with Crippen molar-refractivity contribution in [3.05, 3.63) is 23.9 Å². The molecule has 162 valence electrons. The van der Waals surface area contributed by atoms with Crippen LogP contribution in [0.25, 0.3) is 0 Å². The number of anilines is 1. The van der Waals surface area contributed by atoms with Gasteiger partial charge in [0.25, 0.3) is 0 Å². The standard InChI is InChI=1S/C19H31N5O.3ClH/c1-23-10-12-24(13-11-23)18-4-2-17(14-21-18)15-22-19(25)5-3-16-6-8-20-9-7-16;;;/h2,4,14,16,20H,3,5-13,15H2,1H3,(H,22,25);3*1H. The highest BCUT2D eigenvalue weighted by molar-refractivity contribution is 5.86. The Bertz CT molecular complexity index is 547. The van der Waals surface area contributed by atoms with E-state index in [1.165, 1.54) is 12.8 Å². The van der Waals surface area contributed by atoms with Crippen molar-refractivity contribution in [2.24, 2.45) is 5.92 Å². The van der Waals surface area contributed by atoms with Gasteiger partial charge in [-0.05, 0) is 56.9 Å². The van der Waals surface area contributed by atoms with Crippen LogP contribution in [-0.4, -0.2) is 62.1 Å². The van der Waals surface area contributed by atoms with Crippen molar-refractivity contribution in [2.45, 2.75) is 32.2 Å². The molecule has 0 radical (unpaired) electrons. The minimum Gasteiger partial charge on any atom is -0.354 e. The third-order valence-corrected chi connectivity index (χ3v) is 5.36. The number of carbonyl (C=O) groups is 1. The molecule has 0 unspecified atom stereocenters. The zero-order chi connectivity index (χ0) is 17.5. The van der Waals surface area contributed by atoms with Crippen LogP contribution in [0.3, 0.4) is 0 Å². The topological polar surface area (TPSA) is 60.5 Å². The number of piperidine rings is 1. The van der Waals surface area contributed by atoms with E-state index in [0.29, 0.717) is 18.9 Å². The molecule has 2 aliphatic rings. The molecule has 9 heteroatoms. The fraction of sp³-hybridized carbons (Fsp3) is 0.684. The second-order valence-electron chi connectivity index (χ2n) is 7.32. The molecular weight excluding hydrogens is 421 g/mol. The number of hydrogen-bond donors (Lipinski definition) is 2. The maximum absolute atomic E-state index is 12.0. The number of hydrogen-bond acceptors (Lipinski definition) is 5. The largest absolute Gasteiger partial charge is 0.354 e. The minimum absolute atomic E-state index is 0. The smallest absolute Gasteiger partial charge is 0.220 e. The van der Waals surface area contributed by atoms with Gasteiger partial charge in [0, 0.05) is 45.3 Å². The first kappa shape index (κ1) is 27.2. The molecule has 2 saturated heterocycles. The molecule has 3 heterocycles. The summed E-state index contributed by atoms with van der Waals surface area (Å²) in [5.41, 5.74) is 1.06. The third kappa shape index (κ3) is 8.70. The van der Waals surface area contributed by atoms with Crippen LogP contribution in [0, 0.1) is 5.92 Å². The second kappa shape index (κ2) is 14.2. The molecule has 0 bridgehead atoms. The van der Waals surface area contributed by atoms with E-state index in [4.69, 9.17) is 0 Å². The molecular formula is C19H34Cl3N5O. The van der Waals surface area contributed by atoms with E-state index in [1.54, 1.807) is 0 Å². The monoisotopic (exact) mass is 453 g/mol. The van der Waals surface area contributed by atoms with Gasteiger partial charge in [0.05, 0.1) is 0 Å². The Morgan fingerprint density at radius 1 is 1.14 bits per heavy atom. The summed E-state index contributed by atoms with van der Waals surface area (Å²) in [6.07, 6.45) is 5.93. The van der Waals surface area contributed by atoms with Crippen LogP contribution < -0.4 is 15.5 Å². The van der Waals surface area contributed by atoms with Crippen LogP contribution >= 0.6 is 37.2 Å². The van der Waals surface area contributed by atoms with Gasteiger partial charge in [-0.15, -0.1) is 37.2 Å². The number of halogens is 3. The Morgan fingerprint density at radius 2 is 1.82 bits per heavy atom. The van der Waals surface area contributed by atoms with Crippen molar-refractivity contribution in [3.63, 3.8) is 0 Å². The molecule has 1 amide bonds. The molecule has 0 aromatic carbocycles. The number of nitrogens with zero attached hydrogens (tertiary/aromatic N) is 3. The van der Waals surface area contributed by atoms with Gasteiger partial charge in [0.2, 0.25) is 5.91 Å². The lowest BCUT2D eigenvalue weighted by atomic mass is 9.93. The highest BCUT2D eigenvalue weighted by Gasteiger charge is 2.16. The van der Waals surface area contributed by atoms with E-state index >= 15 is 0 Å². The summed E-state index contributed by atoms with van der Waals surface area (Å²) in [5.74, 6) is 1.90. The van der Waals surface area contributed by atoms with E-state index < -0.39 is 0 Å². The van der Waals surface area contributed by atoms with Crippen LogP contribution in [0.1, 0.15) is 31.2 Å². The van der Waals surface area contributed by atoms with Gasteiger partial charge in [-0.3, -0.25) is 4.79 Å². The van der Waals surface area contributed by atoms with Crippen molar-refractivity contribution < 1.29 is 4.79 Å². The highest BCUT2D eigenvalue weighted by atomic mass is 35.5. The van der Waals surface area contributed by atoms with E-state index in [0.717, 1.165) is 57.1 Å². The summed E-state index contributed by atoms with van der Waals surface area (Å²) in [6, 6.07) is 4.15. The van der Waals surface area contributed by atoms with Gasteiger partial charge in [0.1, 0.15) is 5.82 Å². The van der Waals surface area contributed by atoms with Crippen molar-refractivity contribution in [1.82, 2.24) is 20.5 Å². The third-order valence-electron chi connectivity index (χ3n) is 5.36. The molecule has 0 aliphatic carbocycles. The normalized spacial score (nSPS) is 17.7. The van der Waals surface area contributed by atoms with Crippen molar-refractivity contribution in [1.29, 1.82) is 0 Å². The molecule has 6 nitrogen and oxygen atoms in total. The number of piperazine rings is 1. The summed E-state index contributed by atoms with van der Waals surface area (Å²) in [7, 11) is 2.15. The number of nitrogens with one attached hydrogen (secondary N) is 2. The molecule has 0 saturated carbocycles. The zero-order valence-corrected chi connectivity index (χ0v) is 19.0. The van der Waals surface area contributed by atoms with E-state index in [1.807, 2.05) is 6.20 Å². The fourth-order valence-corrected chi connectivity index (χ4v) is 3.54. The van der Waals surface area contributed by atoms with E-state index in [-0.39, 0.29) is 43.1 Å². The molecule has 0 atom stereocenters. The van der Waals surface area contributed by atoms with Crippen molar-refractivity contribution >= 4 is 48.9 Å². The molecule has 1 aromatic rings. The lowest BCUT2D eigenvalue weighted by Gasteiger charge is -2.33. The van der Waals surface area contributed by atoms with E-state index in [9.17, 15) is 4.79 Å². The first-order valence-electron chi connectivity index (χ1n) is 9.56. The van der Waals surface area contributed by atoms with Crippen LogP contribution in [0.5, 0.6) is 0 Å². The van der Waals surface area contributed by atoms with Gasteiger partial charge in [0.15, 0.2) is 0 Å². The number of aromatic nitrogens is 1. The van der Waals surface area contributed by atoms with Crippen LogP contribution in [0.15, 0.2) is 18.3 Å². The Kier molecular flexibility index (Phi) is 13.8. The number of amides is 1. The van der Waals surface area contributed by atoms with E-state index in [2.05, 4.69) is 44.6 Å². The molecule has 0 spiro atoms. The average molecular weight is 455 g/mol. The molecule has 2 N–H and O–H groups in total. The predicted molar refractivity (Wildman–Crippen MR) is 122 cm³/mol. The highest BCUT2D eigenvalue weighted by Crippen LogP contribution is 2.17. The number of likely N-dealkylation sites (N-methyl/N-ethyl adjacent to an activating group) is 1. The first-order valence-corrected chi connectivity index (χ1v) is 9.56. The average Bonchev–Trinajstić information content (AvgIpc) is 2.67.